The summed E-state index contributed by atoms with van der Waals surface area (Å²) < 4.78 is 13.2. The number of amides is 1. The van der Waals surface area contributed by atoms with Crippen LogP contribution in [0.1, 0.15) is 30.6 Å². The molecule has 0 spiro atoms. The smallest absolute Gasteiger partial charge is 0.251 e. The number of anilines is 2. The lowest BCUT2D eigenvalue weighted by Gasteiger charge is -2.37. The van der Waals surface area contributed by atoms with Crippen molar-refractivity contribution < 1.29 is 9.18 Å². The van der Waals surface area contributed by atoms with Gasteiger partial charge >= 0.3 is 0 Å². The van der Waals surface area contributed by atoms with Crippen LogP contribution >= 0.6 is 0 Å². The van der Waals surface area contributed by atoms with Gasteiger partial charge in [0.25, 0.3) is 5.91 Å². The average molecular weight is 407 g/mol. The first kappa shape index (κ1) is 20.1. The van der Waals surface area contributed by atoms with Crippen LogP contribution in [0.25, 0.3) is 10.8 Å². The highest BCUT2D eigenvalue weighted by atomic mass is 19.1. The third-order valence-electron chi connectivity index (χ3n) is 5.77. The molecule has 0 saturated carbocycles. The number of nitrogens with zero attached hydrogens (tertiary/aromatic N) is 3. The van der Waals surface area contributed by atoms with Gasteiger partial charge in [0.2, 0.25) is 0 Å². The second kappa shape index (κ2) is 8.69. The van der Waals surface area contributed by atoms with Gasteiger partial charge in [-0.3, -0.25) is 4.79 Å². The number of carbonyl (C=O) groups is 1. The van der Waals surface area contributed by atoms with Gasteiger partial charge < -0.3 is 15.1 Å². The Labute approximate surface area is 176 Å². The first-order chi connectivity index (χ1) is 14.5. The van der Waals surface area contributed by atoms with E-state index in [4.69, 9.17) is 0 Å². The van der Waals surface area contributed by atoms with Crippen molar-refractivity contribution in [2.75, 3.05) is 36.0 Å². The van der Waals surface area contributed by atoms with Gasteiger partial charge in [0.05, 0.1) is 0 Å². The summed E-state index contributed by atoms with van der Waals surface area (Å²) in [6, 6.07) is 14.6. The van der Waals surface area contributed by atoms with Gasteiger partial charge in [-0.15, -0.1) is 0 Å². The number of fused-ring (bicyclic) bond motifs is 1. The lowest BCUT2D eigenvalue weighted by atomic mass is 10.1. The van der Waals surface area contributed by atoms with Gasteiger partial charge in [-0.2, -0.15) is 0 Å². The zero-order valence-electron chi connectivity index (χ0n) is 17.4. The van der Waals surface area contributed by atoms with Gasteiger partial charge in [0.1, 0.15) is 11.6 Å². The molecule has 3 aromatic rings. The molecule has 0 radical (unpaired) electrons. The maximum absolute atomic E-state index is 13.2. The highest BCUT2D eigenvalue weighted by Crippen LogP contribution is 2.27. The van der Waals surface area contributed by atoms with Crippen molar-refractivity contribution in [2.24, 2.45) is 0 Å². The van der Waals surface area contributed by atoms with Crippen molar-refractivity contribution in [3.8, 4) is 0 Å². The summed E-state index contributed by atoms with van der Waals surface area (Å²) in [5.74, 6) is 0.636. The molecule has 5 nitrogen and oxygen atoms in total. The van der Waals surface area contributed by atoms with Crippen LogP contribution in [0.15, 0.2) is 54.7 Å². The second-order valence-electron chi connectivity index (χ2n) is 7.80. The van der Waals surface area contributed by atoms with E-state index in [0.29, 0.717) is 5.56 Å². The largest absolute Gasteiger partial charge is 0.368 e. The molecule has 1 aromatic heterocycles. The molecule has 0 unspecified atom stereocenters. The van der Waals surface area contributed by atoms with Gasteiger partial charge in [-0.05, 0) is 61.2 Å². The van der Waals surface area contributed by atoms with Gasteiger partial charge in [0, 0.05) is 55.1 Å². The number of halogens is 1. The van der Waals surface area contributed by atoms with Crippen LogP contribution in [-0.4, -0.2) is 43.1 Å². The third kappa shape index (κ3) is 4.22. The summed E-state index contributed by atoms with van der Waals surface area (Å²) in [4.78, 5) is 21.8. The van der Waals surface area contributed by atoms with E-state index in [2.05, 4.69) is 27.0 Å². The van der Waals surface area contributed by atoms with Crippen molar-refractivity contribution in [1.29, 1.82) is 0 Å². The molecule has 0 bridgehead atoms. The highest BCUT2D eigenvalue weighted by molar-refractivity contribution is 6.01. The van der Waals surface area contributed by atoms with Crippen LogP contribution < -0.4 is 15.1 Å². The molecule has 1 saturated heterocycles. The van der Waals surface area contributed by atoms with Crippen LogP contribution in [0.2, 0.25) is 0 Å². The summed E-state index contributed by atoms with van der Waals surface area (Å²) in [5, 5.41) is 5.09. The molecule has 2 heterocycles. The topological polar surface area (TPSA) is 48.5 Å². The first-order valence-corrected chi connectivity index (χ1v) is 10.5. The number of benzene rings is 2. The van der Waals surface area contributed by atoms with Crippen LogP contribution in [-0.2, 0) is 0 Å². The molecular formula is C24H27FN4O. The van der Waals surface area contributed by atoms with Gasteiger partial charge in [0.15, 0.2) is 0 Å². The average Bonchev–Trinajstić information content (AvgIpc) is 2.79. The Bertz CT molecular complexity index is 1030. The van der Waals surface area contributed by atoms with Crippen LogP contribution in [0, 0.1) is 5.82 Å². The number of pyridine rings is 1. The normalized spacial score (nSPS) is 15.3. The van der Waals surface area contributed by atoms with Gasteiger partial charge in [-0.25, -0.2) is 9.37 Å². The molecule has 1 fully saturated rings. The van der Waals surface area contributed by atoms with E-state index < -0.39 is 0 Å². The Kier molecular flexibility index (Phi) is 5.84. The fourth-order valence-electron chi connectivity index (χ4n) is 3.78. The highest BCUT2D eigenvalue weighted by Gasteiger charge is 2.20. The maximum atomic E-state index is 13.2. The molecule has 1 atom stereocenters. The number of nitrogens with one attached hydrogen (secondary N) is 1. The zero-order chi connectivity index (χ0) is 21.1. The molecule has 1 aliphatic heterocycles. The van der Waals surface area contributed by atoms with Crippen molar-refractivity contribution >= 4 is 28.2 Å². The van der Waals surface area contributed by atoms with Crippen molar-refractivity contribution in [2.45, 2.75) is 26.3 Å². The Hall–Kier alpha value is -3.15. The quantitative estimate of drug-likeness (QED) is 0.689. The fraction of sp³-hybridized carbons (Fsp3) is 0.333. The molecular weight excluding hydrogens is 379 g/mol. The Morgan fingerprint density at radius 1 is 1.07 bits per heavy atom. The summed E-state index contributed by atoms with van der Waals surface area (Å²) in [6.07, 6.45) is 2.72. The first-order valence-electron chi connectivity index (χ1n) is 10.5. The lowest BCUT2D eigenvalue weighted by Crippen LogP contribution is -2.46. The van der Waals surface area contributed by atoms with E-state index in [1.807, 2.05) is 49.5 Å². The SMILES string of the molecule is CC[C@@H](C)NC(=O)c1ccc2ccnc(N3CCN(c4ccc(F)cc4)CC3)c2c1. The Morgan fingerprint density at radius 3 is 2.47 bits per heavy atom. The van der Waals surface area contributed by atoms with E-state index in [0.717, 1.165) is 54.9 Å². The van der Waals surface area contributed by atoms with E-state index in [1.54, 1.807) is 0 Å². The molecule has 6 heteroatoms. The zero-order valence-corrected chi connectivity index (χ0v) is 17.4. The molecule has 30 heavy (non-hydrogen) atoms. The van der Waals surface area contributed by atoms with E-state index in [-0.39, 0.29) is 17.8 Å². The van der Waals surface area contributed by atoms with E-state index >= 15 is 0 Å². The van der Waals surface area contributed by atoms with E-state index in [1.165, 1.54) is 12.1 Å². The third-order valence-corrected chi connectivity index (χ3v) is 5.77. The number of hydrogen-bond donors (Lipinski definition) is 1. The standard InChI is InChI=1S/C24H27FN4O/c1-3-17(2)27-24(30)19-5-4-18-10-11-26-23(22(18)16-19)29-14-12-28(13-15-29)21-8-6-20(25)7-9-21/h4-11,16-17H,3,12-15H2,1-2H3,(H,27,30)/t17-/m1/s1. The van der Waals surface area contributed by atoms with Gasteiger partial charge in [-0.1, -0.05) is 13.0 Å². The summed E-state index contributed by atoms with van der Waals surface area (Å²) in [7, 11) is 0. The van der Waals surface area contributed by atoms with Crippen LogP contribution in [0.3, 0.4) is 0 Å². The molecule has 2 aromatic carbocycles. The predicted octanol–water partition coefficient (Wildman–Crippen LogP) is 4.23. The second-order valence-corrected chi connectivity index (χ2v) is 7.80. The summed E-state index contributed by atoms with van der Waals surface area (Å²) >= 11 is 0. The maximum Gasteiger partial charge on any atom is 0.251 e. The number of hydrogen-bond acceptors (Lipinski definition) is 4. The minimum Gasteiger partial charge on any atom is -0.368 e. The van der Waals surface area contributed by atoms with Crippen LogP contribution in [0.4, 0.5) is 15.9 Å². The molecule has 1 aliphatic rings. The minimum absolute atomic E-state index is 0.0535. The van der Waals surface area contributed by atoms with E-state index in [9.17, 15) is 9.18 Å². The van der Waals surface area contributed by atoms with Crippen molar-refractivity contribution in [3.63, 3.8) is 0 Å². The molecule has 1 N–H and O–H groups in total. The monoisotopic (exact) mass is 406 g/mol. The molecule has 156 valence electrons. The molecule has 4 rings (SSSR count). The minimum atomic E-state index is -0.217. The summed E-state index contributed by atoms with van der Waals surface area (Å²) in [5.41, 5.74) is 1.69. The molecule has 1 amide bonds. The number of aromatic nitrogens is 1. The number of rotatable bonds is 5. The number of piperazine rings is 1. The summed E-state index contributed by atoms with van der Waals surface area (Å²) in [6.45, 7) is 7.35. The predicted molar refractivity (Wildman–Crippen MR) is 120 cm³/mol. The van der Waals surface area contributed by atoms with Crippen molar-refractivity contribution in [3.05, 3.63) is 66.1 Å². The fourth-order valence-corrected chi connectivity index (χ4v) is 3.78. The van der Waals surface area contributed by atoms with Crippen LogP contribution in [0.5, 0.6) is 0 Å². The number of carbonyl (C=O) groups excluding carboxylic acids is 1. The lowest BCUT2D eigenvalue weighted by molar-refractivity contribution is 0.0939. The Balaban J connectivity index is 1.54. The Morgan fingerprint density at radius 2 is 1.77 bits per heavy atom. The molecule has 0 aliphatic carbocycles. The van der Waals surface area contributed by atoms with Crippen molar-refractivity contribution in [1.82, 2.24) is 10.3 Å².